The van der Waals surface area contributed by atoms with Crippen LogP contribution in [0.5, 0.6) is 0 Å². The van der Waals surface area contributed by atoms with Crippen molar-refractivity contribution in [1.29, 1.82) is 0 Å². The van der Waals surface area contributed by atoms with Gasteiger partial charge < -0.3 is 4.74 Å². The van der Waals surface area contributed by atoms with E-state index >= 15 is 0 Å². The summed E-state index contributed by atoms with van der Waals surface area (Å²) in [7, 11) is 1.39. The van der Waals surface area contributed by atoms with Crippen LogP contribution in [0.4, 0.5) is 0 Å². The highest BCUT2D eigenvalue weighted by Crippen LogP contribution is 2.41. The zero-order chi connectivity index (χ0) is 11.1. The third kappa shape index (κ3) is 1.38. The summed E-state index contributed by atoms with van der Waals surface area (Å²) >= 11 is 0. The Labute approximate surface area is 92.6 Å². The highest BCUT2D eigenvalue weighted by Gasteiger charge is 2.27. The van der Waals surface area contributed by atoms with E-state index in [9.17, 15) is 4.79 Å². The summed E-state index contributed by atoms with van der Waals surface area (Å²) in [6.07, 6.45) is 2.42. The molecule has 0 spiro atoms. The molecular formula is C12H12N2O2. The number of carbonyl (C=O) groups excluding carboxylic acids is 1. The molecule has 1 fully saturated rings. The van der Waals surface area contributed by atoms with Crippen LogP contribution in [0.3, 0.4) is 0 Å². The van der Waals surface area contributed by atoms with Crippen LogP contribution in [0, 0.1) is 0 Å². The average Bonchev–Trinajstić information content (AvgIpc) is 3.08. The monoisotopic (exact) mass is 216 g/mol. The number of benzene rings is 1. The summed E-state index contributed by atoms with van der Waals surface area (Å²) in [6.45, 7) is 0. The number of aromatic nitrogens is 2. The van der Waals surface area contributed by atoms with E-state index in [4.69, 9.17) is 4.74 Å². The van der Waals surface area contributed by atoms with Crippen molar-refractivity contribution in [2.45, 2.75) is 18.8 Å². The topological polar surface area (TPSA) is 55.0 Å². The molecule has 0 atom stereocenters. The van der Waals surface area contributed by atoms with E-state index < -0.39 is 0 Å². The summed E-state index contributed by atoms with van der Waals surface area (Å²) in [5.41, 5.74) is 2.65. The molecule has 1 N–H and O–H groups in total. The number of esters is 1. The highest BCUT2D eigenvalue weighted by atomic mass is 16.5. The lowest BCUT2D eigenvalue weighted by atomic mass is 10.1. The van der Waals surface area contributed by atoms with Gasteiger partial charge in [-0.15, -0.1) is 0 Å². The second-order valence-corrected chi connectivity index (χ2v) is 4.14. The number of carbonyl (C=O) groups is 1. The molecule has 4 heteroatoms. The SMILES string of the molecule is COC(=O)c1ccc2n[nH]c(C3CC3)c2c1. The Morgan fingerprint density at radius 3 is 3.00 bits per heavy atom. The van der Waals surface area contributed by atoms with Crippen molar-refractivity contribution in [2.75, 3.05) is 7.11 Å². The molecule has 3 rings (SSSR count). The molecule has 1 aliphatic rings. The minimum Gasteiger partial charge on any atom is -0.465 e. The zero-order valence-corrected chi connectivity index (χ0v) is 8.99. The van der Waals surface area contributed by atoms with Gasteiger partial charge in [-0.05, 0) is 31.0 Å². The van der Waals surface area contributed by atoms with E-state index in [1.165, 1.54) is 20.0 Å². The Morgan fingerprint density at radius 1 is 1.50 bits per heavy atom. The van der Waals surface area contributed by atoms with Crippen molar-refractivity contribution >= 4 is 16.9 Å². The zero-order valence-electron chi connectivity index (χ0n) is 8.99. The number of fused-ring (bicyclic) bond motifs is 1. The van der Waals surface area contributed by atoms with E-state index in [1.54, 1.807) is 6.07 Å². The predicted octanol–water partition coefficient (Wildman–Crippen LogP) is 2.23. The largest absolute Gasteiger partial charge is 0.465 e. The molecular weight excluding hydrogens is 204 g/mol. The van der Waals surface area contributed by atoms with Crippen molar-refractivity contribution in [3.8, 4) is 0 Å². The first-order valence-electron chi connectivity index (χ1n) is 5.36. The summed E-state index contributed by atoms with van der Waals surface area (Å²) in [5, 5.41) is 8.33. The maximum absolute atomic E-state index is 11.4. The first kappa shape index (κ1) is 9.39. The summed E-state index contributed by atoms with van der Waals surface area (Å²) in [4.78, 5) is 11.4. The molecule has 1 aromatic heterocycles. The second kappa shape index (κ2) is 3.33. The molecule has 0 bridgehead atoms. The molecule has 82 valence electrons. The van der Waals surface area contributed by atoms with Gasteiger partial charge in [0.15, 0.2) is 0 Å². The molecule has 2 aromatic rings. The molecule has 0 unspecified atom stereocenters. The number of ether oxygens (including phenoxy) is 1. The lowest BCUT2D eigenvalue weighted by molar-refractivity contribution is 0.0601. The minimum absolute atomic E-state index is 0.301. The molecule has 0 saturated heterocycles. The van der Waals surface area contributed by atoms with Gasteiger partial charge in [0.1, 0.15) is 0 Å². The Balaban J connectivity index is 2.13. The number of hydrogen-bond acceptors (Lipinski definition) is 3. The Morgan fingerprint density at radius 2 is 2.31 bits per heavy atom. The number of nitrogens with zero attached hydrogens (tertiary/aromatic N) is 1. The quantitative estimate of drug-likeness (QED) is 0.783. The third-order valence-electron chi connectivity index (χ3n) is 2.99. The van der Waals surface area contributed by atoms with Crippen LogP contribution in [-0.4, -0.2) is 23.3 Å². The fraction of sp³-hybridized carbons (Fsp3) is 0.333. The lowest BCUT2D eigenvalue weighted by Gasteiger charge is -1.99. The van der Waals surface area contributed by atoms with Gasteiger partial charge in [-0.25, -0.2) is 4.79 Å². The molecule has 0 aliphatic heterocycles. The molecule has 0 radical (unpaired) electrons. The smallest absolute Gasteiger partial charge is 0.337 e. The van der Waals surface area contributed by atoms with Crippen LogP contribution < -0.4 is 0 Å². The van der Waals surface area contributed by atoms with Crippen molar-refractivity contribution in [3.05, 3.63) is 29.5 Å². The van der Waals surface area contributed by atoms with Gasteiger partial charge in [0, 0.05) is 17.0 Å². The first-order valence-corrected chi connectivity index (χ1v) is 5.36. The van der Waals surface area contributed by atoms with Crippen LogP contribution in [-0.2, 0) is 4.74 Å². The second-order valence-electron chi connectivity index (χ2n) is 4.14. The van der Waals surface area contributed by atoms with Crippen molar-refractivity contribution in [1.82, 2.24) is 10.2 Å². The van der Waals surface area contributed by atoms with Gasteiger partial charge >= 0.3 is 5.97 Å². The van der Waals surface area contributed by atoms with Crippen LogP contribution in [0.25, 0.3) is 10.9 Å². The Kier molecular flexibility index (Phi) is 1.96. The predicted molar refractivity (Wildman–Crippen MR) is 59.4 cm³/mol. The lowest BCUT2D eigenvalue weighted by Crippen LogP contribution is -2.00. The molecule has 4 nitrogen and oxygen atoms in total. The van der Waals surface area contributed by atoms with Crippen molar-refractivity contribution in [3.63, 3.8) is 0 Å². The molecule has 0 amide bonds. The number of methoxy groups -OCH3 is 1. The van der Waals surface area contributed by atoms with Gasteiger partial charge in [0.2, 0.25) is 0 Å². The summed E-state index contributed by atoms with van der Waals surface area (Å²) < 4.78 is 4.71. The third-order valence-corrected chi connectivity index (χ3v) is 2.99. The molecule has 1 heterocycles. The number of H-pyrrole nitrogens is 1. The van der Waals surface area contributed by atoms with E-state index in [0.717, 1.165) is 16.6 Å². The first-order chi connectivity index (χ1) is 7.79. The maximum Gasteiger partial charge on any atom is 0.337 e. The van der Waals surface area contributed by atoms with Gasteiger partial charge in [0.05, 0.1) is 18.2 Å². The maximum atomic E-state index is 11.4. The standard InChI is InChI=1S/C12H12N2O2/c1-16-12(15)8-4-5-10-9(6-8)11(14-13-10)7-2-3-7/h4-7H,2-3H2,1H3,(H,13,14). The fourth-order valence-electron chi connectivity index (χ4n) is 1.96. The highest BCUT2D eigenvalue weighted by molar-refractivity contribution is 5.95. The summed E-state index contributed by atoms with van der Waals surface area (Å²) in [6, 6.07) is 5.45. The average molecular weight is 216 g/mol. The Hall–Kier alpha value is -1.84. The normalized spacial score (nSPS) is 15.3. The van der Waals surface area contributed by atoms with Crippen LogP contribution >= 0.6 is 0 Å². The minimum atomic E-state index is -0.301. The molecule has 1 aliphatic carbocycles. The summed E-state index contributed by atoms with van der Waals surface area (Å²) in [5.74, 6) is 0.294. The van der Waals surface area contributed by atoms with E-state index in [0.29, 0.717) is 11.5 Å². The van der Waals surface area contributed by atoms with Crippen LogP contribution in [0.1, 0.15) is 34.8 Å². The van der Waals surface area contributed by atoms with E-state index in [1.807, 2.05) is 12.1 Å². The van der Waals surface area contributed by atoms with Crippen molar-refractivity contribution in [2.24, 2.45) is 0 Å². The molecule has 1 saturated carbocycles. The van der Waals surface area contributed by atoms with E-state index in [-0.39, 0.29) is 5.97 Å². The van der Waals surface area contributed by atoms with Gasteiger partial charge in [-0.2, -0.15) is 5.10 Å². The van der Waals surface area contributed by atoms with Gasteiger partial charge in [-0.1, -0.05) is 0 Å². The fourth-order valence-corrected chi connectivity index (χ4v) is 1.96. The number of hydrogen-bond donors (Lipinski definition) is 1. The number of nitrogens with one attached hydrogen (secondary N) is 1. The molecule has 16 heavy (non-hydrogen) atoms. The Bertz CT molecular complexity index is 555. The van der Waals surface area contributed by atoms with Gasteiger partial charge in [-0.3, -0.25) is 5.10 Å². The van der Waals surface area contributed by atoms with Gasteiger partial charge in [0.25, 0.3) is 0 Å². The number of aromatic amines is 1. The van der Waals surface area contributed by atoms with Crippen LogP contribution in [0.15, 0.2) is 18.2 Å². The molecule has 1 aromatic carbocycles. The number of rotatable bonds is 2. The van der Waals surface area contributed by atoms with Crippen molar-refractivity contribution < 1.29 is 9.53 Å². The van der Waals surface area contributed by atoms with E-state index in [2.05, 4.69) is 10.2 Å². The van der Waals surface area contributed by atoms with Crippen LogP contribution in [0.2, 0.25) is 0 Å².